The lowest BCUT2D eigenvalue weighted by Gasteiger charge is -2.62. The van der Waals surface area contributed by atoms with Crippen molar-refractivity contribution >= 4 is 5.78 Å². The quantitative estimate of drug-likeness (QED) is 0.484. The Bertz CT molecular complexity index is 896. The third-order valence-electron chi connectivity index (χ3n) is 9.96. The summed E-state index contributed by atoms with van der Waals surface area (Å²) in [6.45, 7) is 12.2. The van der Waals surface area contributed by atoms with Gasteiger partial charge >= 0.3 is 0 Å². The number of aliphatic hydroxyl groups is 2. The first-order chi connectivity index (χ1) is 16.4. The molecular weight excluding hydrogens is 451 g/mol. The maximum Gasteiger partial charge on any atom is 0.220 e. The number of carbonyl (C=O) groups is 1. The third-order valence-corrected chi connectivity index (χ3v) is 9.96. The van der Waals surface area contributed by atoms with E-state index in [-0.39, 0.29) is 25.6 Å². The second-order valence-corrected chi connectivity index (χ2v) is 11.4. The van der Waals surface area contributed by atoms with Gasteiger partial charge in [-0.3, -0.25) is 4.79 Å². The van der Waals surface area contributed by atoms with Crippen molar-refractivity contribution in [3.8, 4) is 0 Å². The maximum absolute atomic E-state index is 17.5. The molecule has 0 aromatic carbocycles. The van der Waals surface area contributed by atoms with Crippen molar-refractivity contribution in [3.05, 3.63) is 23.5 Å². The number of aliphatic hydroxyl groups excluding tert-OH is 1. The molecular formula is C28H43FO6. The molecule has 7 heteroatoms. The summed E-state index contributed by atoms with van der Waals surface area (Å²) in [5.74, 6) is -0.847. The fraction of sp³-hybridized carbons (Fsp3) is 0.821. The molecule has 0 saturated heterocycles. The minimum absolute atomic E-state index is 0.00706. The van der Waals surface area contributed by atoms with E-state index in [0.29, 0.717) is 32.3 Å². The Hall–Kier alpha value is -1.28. The number of Topliss-reactive ketones (excluding diaryl/α,β-unsaturated/α-hetero) is 1. The third kappa shape index (κ3) is 3.52. The van der Waals surface area contributed by atoms with Crippen molar-refractivity contribution in [1.29, 1.82) is 0 Å². The van der Waals surface area contributed by atoms with E-state index in [9.17, 15) is 15.0 Å². The van der Waals surface area contributed by atoms with Crippen LogP contribution in [0.25, 0.3) is 0 Å². The van der Waals surface area contributed by atoms with Gasteiger partial charge in [0.25, 0.3) is 0 Å². The molecule has 0 bridgehead atoms. The number of carbonyl (C=O) groups excluding carboxylic acids is 1. The molecule has 0 aromatic rings. The summed E-state index contributed by atoms with van der Waals surface area (Å²) >= 11 is 0. The summed E-state index contributed by atoms with van der Waals surface area (Å²) in [6, 6.07) is 0. The van der Waals surface area contributed by atoms with Crippen molar-refractivity contribution in [3.63, 3.8) is 0 Å². The van der Waals surface area contributed by atoms with Gasteiger partial charge < -0.3 is 24.4 Å². The van der Waals surface area contributed by atoms with E-state index in [1.165, 1.54) is 0 Å². The number of fused-ring (bicyclic) bond motifs is 5. The highest BCUT2D eigenvalue weighted by Gasteiger charge is 2.76. The van der Waals surface area contributed by atoms with Gasteiger partial charge in [0.05, 0.1) is 18.5 Å². The minimum Gasteiger partial charge on any atom is -0.498 e. The molecule has 0 aromatic heterocycles. The SMILES string of the molecule is CCOC1=CC2=CC[C@H]3[C@@H]4C[C@H](C)[C@](O)(C(=O)C(OCC)OCC)[C@@]4(C)C[C@H](O)[C@]3(F)[C@@]2(C)CC1. The van der Waals surface area contributed by atoms with Gasteiger partial charge in [-0.05, 0) is 69.9 Å². The number of halogens is 1. The molecule has 6 nitrogen and oxygen atoms in total. The number of rotatable bonds is 8. The van der Waals surface area contributed by atoms with Gasteiger partial charge in [0, 0.05) is 36.4 Å². The molecule has 35 heavy (non-hydrogen) atoms. The van der Waals surface area contributed by atoms with Gasteiger partial charge in [-0.25, -0.2) is 4.39 Å². The number of ketones is 1. The van der Waals surface area contributed by atoms with Crippen LogP contribution in [0.2, 0.25) is 0 Å². The molecule has 0 radical (unpaired) electrons. The van der Waals surface area contributed by atoms with E-state index in [1.54, 1.807) is 13.8 Å². The zero-order chi connectivity index (χ0) is 25.8. The molecule has 2 N–H and O–H groups in total. The van der Waals surface area contributed by atoms with Gasteiger partial charge in [-0.2, -0.15) is 0 Å². The maximum atomic E-state index is 17.5. The fourth-order valence-electron chi connectivity index (χ4n) is 8.15. The van der Waals surface area contributed by atoms with E-state index >= 15 is 4.39 Å². The lowest BCUT2D eigenvalue weighted by atomic mass is 9.45. The summed E-state index contributed by atoms with van der Waals surface area (Å²) in [7, 11) is 0. The van der Waals surface area contributed by atoms with Crippen LogP contribution in [0.15, 0.2) is 23.5 Å². The second kappa shape index (κ2) is 9.23. The summed E-state index contributed by atoms with van der Waals surface area (Å²) in [5, 5.41) is 23.7. The highest BCUT2D eigenvalue weighted by atomic mass is 19.1. The molecule has 2 saturated carbocycles. The Morgan fingerprint density at radius 2 is 1.83 bits per heavy atom. The fourth-order valence-corrected chi connectivity index (χ4v) is 8.15. The van der Waals surface area contributed by atoms with Crippen molar-refractivity contribution in [2.45, 2.75) is 97.3 Å². The number of hydrogen-bond donors (Lipinski definition) is 2. The summed E-state index contributed by atoms with van der Waals surface area (Å²) in [5.41, 5.74) is -4.61. The molecule has 0 spiro atoms. The van der Waals surface area contributed by atoms with Crippen LogP contribution in [0.1, 0.15) is 73.6 Å². The smallest absolute Gasteiger partial charge is 0.220 e. The predicted molar refractivity (Wildman–Crippen MR) is 130 cm³/mol. The first-order valence-electron chi connectivity index (χ1n) is 13.4. The molecule has 0 heterocycles. The zero-order valence-corrected chi connectivity index (χ0v) is 22.1. The number of ether oxygens (including phenoxy) is 3. The standard InChI is InChI=1S/C28H43FO6/c1-7-33-19-12-13-25(5)18(15-19)10-11-20-21-14-17(4)28(32,23(31)24(34-8-2)35-9-3)26(21,6)16-22(30)27(20,25)29/h10,15,17,20-22,24,30,32H,7-9,11-14,16H2,1-6H3/t17-,20-,21-,22-,25-,26-,27-,28-/m0/s1. The van der Waals surface area contributed by atoms with Crippen LogP contribution < -0.4 is 0 Å². The lowest BCUT2D eigenvalue weighted by Crippen LogP contribution is -2.69. The zero-order valence-electron chi connectivity index (χ0n) is 22.1. The lowest BCUT2D eigenvalue weighted by molar-refractivity contribution is -0.232. The van der Waals surface area contributed by atoms with E-state index < -0.39 is 52.1 Å². The Morgan fingerprint density at radius 3 is 2.43 bits per heavy atom. The van der Waals surface area contributed by atoms with Crippen LogP contribution in [-0.2, 0) is 19.0 Å². The number of hydrogen-bond acceptors (Lipinski definition) is 6. The average Bonchev–Trinajstić information content (AvgIpc) is 3.01. The summed E-state index contributed by atoms with van der Waals surface area (Å²) < 4.78 is 34.3. The van der Waals surface area contributed by atoms with Gasteiger partial charge in [-0.1, -0.05) is 26.8 Å². The van der Waals surface area contributed by atoms with E-state index in [1.807, 2.05) is 33.8 Å². The van der Waals surface area contributed by atoms with E-state index in [0.717, 1.165) is 11.3 Å². The number of alkyl halides is 1. The van der Waals surface area contributed by atoms with E-state index in [4.69, 9.17) is 14.2 Å². The molecule has 4 aliphatic rings. The molecule has 2 fully saturated rings. The van der Waals surface area contributed by atoms with Crippen LogP contribution in [0.4, 0.5) is 4.39 Å². The van der Waals surface area contributed by atoms with Crippen LogP contribution >= 0.6 is 0 Å². The van der Waals surface area contributed by atoms with Gasteiger partial charge in [0.2, 0.25) is 12.1 Å². The van der Waals surface area contributed by atoms with Crippen LogP contribution in [0, 0.1) is 28.6 Å². The molecule has 0 unspecified atom stereocenters. The molecule has 0 aliphatic heterocycles. The van der Waals surface area contributed by atoms with Crippen molar-refractivity contribution in [2.24, 2.45) is 28.6 Å². The van der Waals surface area contributed by atoms with Crippen molar-refractivity contribution in [2.75, 3.05) is 19.8 Å². The van der Waals surface area contributed by atoms with Crippen molar-refractivity contribution < 1.29 is 33.6 Å². The first-order valence-corrected chi connectivity index (χ1v) is 13.4. The number of allylic oxidation sites excluding steroid dienone is 4. The van der Waals surface area contributed by atoms with Crippen molar-refractivity contribution in [1.82, 2.24) is 0 Å². The summed E-state index contributed by atoms with van der Waals surface area (Å²) in [6.07, 6.45) is 3.68. The summed E-state index contributed by atoms with van der Waals surface area (Å²) in [4.78, 5) is 13.7. The Balaban J connectivity index is 1.75. The second-order valence-electron chi connectivity index (χ2n) is 11.4. The topological polar surface area (TPSA) is 85.2 Å². The molecule has 4 rings (SSSR count). The molecule has 4 aliphatic carbocycles. The largest absolute Gasteiger partial charge is 0.498 e. The van der Waals surface area contributed by atoms with Gasteiger partial charge in [0.1, 0.15) is 11.3 Å². The Labute approximate surface area is 208 Å². The average molecular weight is 495 g/mol. The Morgan fingerprint density at radius 1 is 1.17 bits per heavy atom. The predicted octanol–water partition coefficient (Wildman–Crippen LogP) is 4.49. The van der Waals surface area contributed by atoms with Gasteiger partial charge in [0.15, 0.2) is 0 Å². The molecule has 8 atom stereocenters. The van der Waals surface area contributed by atoms with Gasteiger partial charge in [-0.15, -0.1) is 0 Å². The monoisotopic (exact) mass is 494 g/mol. The highest BCUT2D eigenvalue weighted by molar-refractivity contribution is 5.92. The first kappa shape index (κ1) is 26.8. The molecule has 0 amide bonds. The highest BCUT2D eigenvalue weighted by Crippen LogP contribution is 2.70. The minimum atomic E-state index is -1.86. The van der Waals surface area contributed by atoms with Crippen LogP contribution in [-0.4, -0.2) is 59.5 Å². The van der Waals surface area contributed by atoms with E-state index in [2.05, 4.69) is 6.08 Å². The molecule has 198 valence electrons. The Kier molecular flexibility index (Phi) is 7.06. The normalized spacial score (nSPS) is 44.7. The van der Waals surface area contributed by atoms with Crippen LogP contribution in [0.5, 0.6) is 0 Å². The van der Waals surface area contributed by atoms with Crippen LogP contribution in [0.3, 0.4) is 0 Å².